The van der Waals surface area contributed by atoms with Gasteiger partial charge in [-0.05, 0) is 74.4 Å². The second-order valence-corrected chi connectivity index (χ2v) is 8.97. The molecule has 0 bridgehead atoms. The monoisotopic (exact) mass is 434 g/mol. The number of nitrogens with two attached hydrogens (primary N) is 1. The van der Waals surface area contributed by atoms with Crippen LogP contribution in [0.3, 0.4) is 0 Å². The first-order valence-corrected chi connectivity index (χ1v) is 11.7. The van der Waals surface area contributed by atoms with Crippen LogP contribution in [0.2, 0.25) is 0 Å². The van der Waals surface area contributed by atoms with E-state index in [2.05, 4.69) is 47.4 Å². The number of carbonyl (C=O) groups excluding carboxylic acids is 1. The van der Waals surface area contributed by atoms with Gasteiger partial charge in [-0.1, -0.05) is 48.5 Å². The molecule has 5 heteroatoms. The first-order valence-electron chi connectivity index (χ1n) is 11.7. The Bertz CT molecular complexity index is 898. The molecular formula is C27H34N2O3. The van der Waals surface area contributed by atoms with E-state index in [0.717, 1.165) is 56.5 Å². The van der Waals surface area contributed by atoms with E-state index in [4.69, 9.17) is 15.2 Å². The zero-order chi connectivity index (χ0) is 22.3. The molecule has 0 saturated heterocycles. The predicted octanol–water partition coefficient (Wildman–Crippen LogP) is 4.60. The number of carbonyl (C=O) groups is 1. The molecule has 0 radical (unpaired) electrons. The molecule has 0 unspecified atom stereocenters. The molecule has 1 aliphatic heterocycles. The van der Waals surface area contributed by atoms with Gasteiger partial charge in [-0.3, -0.25) is 9.69 Å². The van der Waals surface area contributed by atoms with Crippen molar-refractivity contribution in [2.45, 2.75) is 38.7 Å². The summed E-state index contributed by atoms with van der Waals surface area (Å²) in [5, 5.41) is 0. The molecule has 1 saturated carbocycles. The van der Waals surface area contributed by atoms with Gasteiger partial charge in [0.1, 0.15) is 19.1 Å². The summed E-state index contributed by atoms with van der Waals surface area (Å²) in [7, 11) is 2.00. The molecule has 2 aromatic rings. The highest BCUT2D eigenvalue weighted by atomic mass is 16.5. The minimum Gasteiger partial charge on any atom is -0.488 e. The average Bonchev–Trinajstić information content (AvgIpc) is 3.00. The minimum atomic E-state index is -0.0607. The Morgan fingerprint density at radius 1 is 1.09 bits per heavy atom. The van der Waals surface area contributed by atoms with Crippen molar-refractivity contribution >= 4 is 11.5 Å². The number of hydrogen-bond acceptors (Lipinski definition) is 5. The lowest BCUT2D eigenvalue weighted by molar-refractivity contribution is -0.154. The quantitative estimate of drug-likeness (QED) is 0.510. The fourth-order valence-corrected chi connectivity index (χ4v) is 4.66. The summed E-state index contributed by atoms with van der Waals surface area (Å²) in [6.45, 7) is 2.44. The van der Waals surface area contributed by atoms with Crippen molar-refractivity contribution in [1.82, 2.24) is 4.90 Å². The van der Waals surface area contributed by atoms with Gasteiger partial charge in [0.2, 0.25) is 0 Å². The Morgan fingerprint density at radius 2 is 1.81 bits per heavy atom. The second-order valence-electron chi connectivity index (χ2n) is 8.97. The van der Waals surface area contributed by atoms with Crippen LogP contribution >= 0.6 is 0 Å². The largest absolute Gasteiger partial charge is 0.488 e. The van der Waals surface area contributed by atoms with Gasteiger partial charge in [0.25, 0.3) is 0 Å². The van der Waals surface area contributed by atoms with E-state index < -0.39 is 0 Å². The van der Waals surface area contributed by atoms with E-state index >= 15 is 0 Å². The molecule has 4 rings (SSSR count). The van der Waals surface area contributed by atoms with Crippen LogP contribution in [0.15, 0.2) is 54.6 Å². The SMILES string of the molecule is CN(CC/C=C1\c2ccccc2COc2ccccc21)COC(=O)C1CCC(CN)CC1. The van der Waals surface area contributed by atoms with Crippen LogP contribution in [0.25, 0.3) is 5.57 Å². The van der Waals surface area contributed by atoms with Crippen LogP contribution in [0.1, 0.15) is 48.8 Å². The Hall–Kier alpha value is -2.63. The third kappa shape index (κ3) is 5.40. The highest BCUT2D eigenvalue weighted by Crippen LogP contribution is 2.36. The van der Waals surface area contributed by atoms with Crippen molar-refractivity contribution in [2.24, 2.45) is 17.6 Å². The summed E-state index contributed by atoms with van der Waals surface area (Å²) in [5.41, 5.74) is 10.5. The standard InChI is InChI=1S/C27H34N2O3/c1-29(19-32-27(30)21-14-12-20(17-28)13-15-21)16-6-10-24-23-8-3-2-7-22(23)18-31-26-11-5-4-9-25(24)26/h2-5,7-11,20-21H,6,12-19,28H2,1H3/b24-10+. The van der Waals surface area contributed by atoms with E-state index in [0.29, 0.717) is 19.3 Å². The van der Waals surface area contributed by atoms with E-state index in [1.807, 2.05) is 19.2 Å². The molecule has 2 N–H and O–H groups in total. The minimum absolute atomic E-state index is 0.0345. The summed E-state index contributed by atoms with van der Waals surface area (Å²) in [6.07, 6.45) is 7.00. The van der Waals surface area contributed by atoms with Gasteiger partial charge in [-0.25, -0.2) is 0 Å². The van der Waals surface area contributed by atoms with E-state index in [-0.39, 0.29) is 11.9 Å². The summed E-state index contributed by atoms with van der Waals surface area (Å²) in [5.74, 6) is 1.46. The average molecular weight is 435 g/mol. The number of para-hydroxylation sites is 1. The van der Waals surface area contributed by atoms with Crippen molar-refractivity contribution in [1.29, 1.82) is 0 Å². The molecule has 32 heavy (non-hydrogen) atoms. The highest BCUT2D eigenvalue weighted by molar-refractivity contribution is 5.84. The molecule has 1 aliphatic carbocycles. The van der Waals surface area contributed by atoms with Gasteiger partial charge in [0.05, 0.1) is 5.92 Å². The summed E-state index contributed by atoms with van der Waals surface area (Å²) >= 11 is 0. The maximum Gasteiger partial charge on any atom is 0.310 e. The van der Waals surface area contributed by atoms with Crippen LogP contribution in [0, 0.1) is 11.8 Å². The van der Waals surface area contributed by atoms with Crippen molar-refractivity contribution < 1.29 is 14.3 Å². The molecule has 0 spiro atoms. The number of esters is 1. The number of ether oxygens (including phenoxy) is 2. The predicted molar refractivity (Wildman–Crippen MR) is 127 cm³/mol. The smallest absolute Gasteiger partial charge is 0.310 e. The number of fused-ring (bicyclic) bond motifs is 2. The van der Waals surface area contributed by atoms with Crippen molar-refractivity contribution in [3.8, 4) is 5.75 Å². The van der Waals surface area contributed by atoms with E-state index in [9.17, 15) is 4.79 Å². The van der Waals surface area contributed by atoms with Crippen LogP contribution in [0.5, 0.6) is 5.75 Å². The van der Waals surface area contributed by atoms with Gasteiger partial charge in [0, 0.05) is 12.1 Å². The third-order valence-corrected chi connectivity index (χ3v) is 6.67. The summed E-state index contributed by atoms with van der Waals surface area (Å²) in [4.78, 5) is 14.5. The molecular weight excluding hydrogens is 400 g/mol. The van der Waals surface area contributed by atoms with Gasteiger partial charge in [-0.15, -0.1) is 0 Å². The van der Waals surface area contributed by atoms with Gasteiger partial charge >= 0.3 is 5.97 Å². The van der Waals surface area contributed by atoms with Crippen LogP contribution < -0.4 is 10.5 Å². The number of rotatable bonds is 7. The normalized spacial score (nSPS) is 21.4. The molecule has 2 aliphatic rings. The fraction of sp³-hybridized carbons (Fsp3) is 0.444. The first-order chi connectivity index (χ1) is 15.7. The molecule has 5 nitrogen and oxygen atoms in total. The molecule has 0 atom stereocenters. The van der Waals surface area contributed by atoms with Gasteiger partial charge in [0.15, 0.2) is 0 Å². The zero-order valence-electron chi connectivity index (χ0n) is 19.0. The third-order valence-electron chi connectivity index (χ3n) is 6.67. The molecule has 1 heterocycles. The Balaban J connectivity index is 1.34. The first kappa shape index (κ1) is 22.6. The van der Waals surface area contributed by atoms with Crippen molar-refractivity contribution in [3.05, 3.63) is 71.3 Å². The Labute approximate surface area is 191 Å². The summed E-state index contributed by atoms with van der Waals surface area (Å²) in [6, 6.07) is 16.6. The Kier molecular flexibility index (Phi) is 7.61. The maximum atomic E-state index is 12.4. The van der Waals surface area contributed by atoms with Crippen LogP contribution in [-0.4, -0.2) is 37.7 Å². The highest BCUT2D eigenvalue weighted by Gasteiger charge is 2.27. The number of nitrogens with zero attached hydrogens (tertiary/aromatic N) is 1. The van der Waals surface area contributed by atoms with Crippen molar-refractivity contribution in [3.63, 3.8) is 0 Å². The van der Waals surface area contributed by atoms with Crippen LogP contribution in [0.4, 0.5) is 0 Å². The topological polar surface area (TPSA) is 64.8 Å². The lowest BCUT2D eigenvalue weighted by Crippen LogP contribution is -2.30. The Morgan fingerprint density at radius 3 is 2.59 bits per heavy atom. The maximum absolute atomic E-state index is 12.4. The molecule has 2 aromatic carbocycles. The van der Waals surface area contributed by atoms with Gasteiger partial charge in [-0.2, -0.15) is 0 Å². The van der Waals surface area contributed by atoms with Crippen molar-refractivity contribution in [2.75, 3.05) is 26.9 Å². The number of hydrogen-bond donors (Lipinski definition) is 1. The second kappa shape index (κ2) is 10.8. The molecule has 170 valence electrons. The molecule has 0 aromatic heterocycles. The number of benzene rings is 2. The van der Waals surface area contributed by atoms with E-state index in [1.165, 1.54) is 16.7 Å². The van der Waals surface area contributed by atoms with Gasteiger partial charge < -0.3 is 15.2 Å². The fourth-order valence-electron chi connectivity index (χ4n) is 4.66. The lowest BCUT2D eigenvalue weighted by atomic mass is 9.82. The zero-order valence-corrected chi connectivity index (χ0v) is 19.0. The molecule has 0 amide bonds. The summed E-state index contributed by atoms with van der Waals surface area (Å²) < 4.78 is 11.7. The lowest BCUT2D eigenvalue weighted by Gasteiger charge is -2.27. The van der Waals surface area contributed by atoms with E-state index in [1.54, 1.807) is 0 Å². The molecule has 1 fully saturated rings. The van der Waals surface area contributed by atoms with Crippen LogP contribution in [-0.2, 0) is 16.1 Å².